The van der Waals surface area contributed by atoms with E-state index in [4.69, 9.17) is 14.6 Å². The maximum absolute atomic E-state index is 12.5. The molecular weight excluding hydrogens is 348 g/mol. The van der Waals surface area contributed by atoms with Gasteiger partial charge in [0.25, 0.3) is 0 Å². The van der Waals surface area contributed by atoms with E-state index >= 15 is 0 Å². The van der Waals surface area contributed by atoms with Gasteiger partial charge in [0.15, 0.2) is 0 Å². The number of aryl methyl sites for hydroxylation is 1. The van der Waals surface area contributed by atoms with E-state index in [0.29, 0.717) is 6.42 Å². The highest BCUT2D eigenvalue weighted by molar-refractivity contribution is 5.86. The zero-order valence-corrected chi connectivity index (χ0v) is 16.3. The van der Waals surface area contributed by atoms with Crippen LogP contribution in [-0.2, 0) is 27.7 Å². The van der Waals surface area contributed by atoms with E-state index in [0.717, 1.165) is 16.5 Å². The molecule has 0 fully saturated rings. The number of alkyl carbamates (subject to hydrolysis) is 1. The first-order chi connectivity index (χ1) is 12.7. The van der Waals surface area contributed by atoms with Crippen molar-refractivity contribution in [3.05, 3.63) is 36.0 Å². The Hall–Kier alpha value is -2.54. The molecule has 0 aliphatic heterocycles. The molecule has 2 aromatic rings. The summed E-state index contributed by atoms with van der Waals surface area (Å²) in [5.41, 5.74) is 1.29. The second-order valence-corrected chi connectivity index (χ2v) is 7.43. The topological polar surface area (TPSA) is 89.8 Å². The molecule has 27 heavy (non-hydrogen) atoms. The zero-order valence-electron chi connectivity index (χ0n) is 16.3. The number of hydrogen-bond acceptors (Lipinski definition) is 5. The predicted octanol–water partition coefficient (Wildman–Crippen LogP) is 2.54. The van der Waals surface area contributed by atoms with E-state index in [9.17, 15) is 9.59 Å². The minimum absolute atomic E-state index is 0.0687. The Morgan fingerprint density at radius 2 is 1.96 bits per heavy atom. The van der Waals surface area contributed by atoms with Gasteiger partial charge in [-0.1, -0.05) is 18.2 Å². The molecule has 0 aliphatic rings. The van der Waals surface area contributed by atoms with Crippen molar-refractivity contribution in [2.24, 2.45) is 7.05 Å². The van der Waals surface area contributed by atoms with Crippen molar-refractivity contribution in [2.75, 3.05) is 13.2 Å². The quantitative estimate of drug-likeness (QED) is 0.573. The molecule has 2 N–H and O–H groups in total. The molecule has 0 spiro atoms. The van der Waals surface area contributed by atoms with Gasteiger partial charge in [0.05, 0.1) is 6.61 Å². The monoisotopic (exact) mass is 376 g/mol. The van der Waals surface area contributed by atoms with Crippen molar-refractivity contribution in [3.8, 4) is 0 Å². The molecule has 0 unspecified atom stereocenters. The lowest BCUT2D eigenvalue weighted by Gasteiger charge is -2.23. The van der Waals surface area contributed by atoms with Crippen LogP contribution in [0.2, 0.25) is 0 Å². The number of esters is 1. The van der Waals surface area contributed by atoms with Crippen LogP contribution in [0.4, 0.5) is 4.79 Å². The smallest absolute Gasteiger partial charge is 0.408 e. The number of carbonyl (C=O) groups is 2. The van der Waals surface area contributed by atoms with Gasteiger partial charge in [-0.05, 0) is 32.4 Å². The summed E-state index contributed by atoms with van der Waals surface area (Å²) in [5.74, 6) is -0.553. The highest BCUT2D eigenvalue weighted by atomic mass is 16.6. The van der Waals surface area contributed by atoms with Gasteiger partial charge in [0, 0.05) is 43.6 Å². The third kappa shape index (κ3) is 5.99. The zero-order chi connectivity index (χ0) is 20.0. The number of amides is 1. The van der Waals surface area contributed by atoms with E-state index in [2.05, 4.69) is 5.32 Å². The number of rotatable bonds is 7. The van der Waals surface area contributed by atoms with Crippen molar-refractivity contribution in [2.45, 2.75) is 45.3 Å². The van der Waals surface area contributed by atoms with Crippen LogP contribution in [0.3, 0.4) is 0 Å². The minimum Gasteiger partial charge on any atom is -0.464 e. The van der Waals surface area contributed by atoms with E-state index < -0.39 is 23.7 Å². The molecule has 1 amide bonds. The van der Waals surface area contributed by atoms with Crippen LogP contribution >= 0.6 is 0 Å². The van der Waals surface area contributed by atoms with Crippen LogP contribution in [0, 0.1) is 0 Å². The molecule has 0 radical (unpaired) electrons. The summed E-state index contributed by atoms with van der Waals surface area (Å²) in [6.45, 7) is 5.29. The highest BCUT2D eigenvalue weighted by Crippen LogP contribution is 2.22. The number of aliphatic hydroxyl groups excluding tert-OH is 1. The summed E-state index contributed by atoms with van der Waals surface area (Å²) < 4.78 is 12.4. The summed E-state index contributed by atoms with van der Waals surface area (Å²) in [6.07, 6.45) is 1.89. The fraction of sp³-hybridized carbons (Fsp3) is 0.500. The molecule has 1 aromatic heterocycles. The molecule has 2 rings (SSSR count). The largest absolute Gasteiger partial charge is 0.464 e. The first-order valence-corrected chi connectivity index (χ1v) is 9.01. The first kappa shape index (κ1) is 20.8. The Morgan fingerprint density at radius 3 is 2.63 bits per heavy atom. The third-order valence-corrected chi connectivity index (χ3v) is 3.93. The molecule has 0 saturated carbocycles. The van der Waals surface area contributed by atoms with Crippen LogP contribution in [0.25, 0.3) is 10.9 Å². The van der Waals surface area contributed by atoms with Gasteiger partial charge in [0.1, 0.15) is 11.6 Å². The van der Waals surface area contributed by atoms with Crippen LogP contribution < -0.4 is 5.32 Å². The fourth-order valence-corrected chi connectivity index (χ4v) is 2.79. The number of carbonyl (C=O) groups excluding carboxylic acids is 2. The lowest BCUT2D eigenvalue weighted by atomic mass is 10.1. The Morgan fingerprint density at radius 1 is 1.26 bits per heavy atom. The van der Waals surface area contributed by atoms with E-state index in [1.807, 2.05) is 42.1 Å². The third-order valence-electron chi connectivity index (χ3n) is 3.93. The number of aliphatic hydroxyl groups is 1. The Labute approximate surface area is 159 Å². The van der Waals surface area contributed by atoms with E-state index in [1.54, 1.807) is 20.8 Å². The molecule has 0 bridgehead atoms. The predicted molar refractivity (Wildman–Crippen MR) is 102 cm³/mol. The second-order valence-electron chi connectivity index (χ2n) is 7.43. The van der Waals surface area contributed by atoms with Crippen molar-refractivity contribution in [1.29, 1.82) is 0 Å². The number of benzene rings is 1. The lowest BCUT2D eigenvalue weighted by molar-refractivity contribution is -0.146. The molecule has 148 valence electrons. The molecule has 1 heterocycles. The molecule has 1 aromatic carbocycles. The maximum Gasteiger partial charge on any atom is 0.408 e. The van der Waals surface area contributed by atoms with Gasteiger partial charge >= 0.3 is 12.1 Å². The van der Waals surface area contributed by atoms with E-state index in [1.165, 1.54) is 0 Å². The van der Waals surface area contributed by atoms with E-state index in [-0.39, 0.29) is 19.6 Å². The SMILES string of the molecule is Cn1cc(C[C@@H](NC(=O)OC(C)(C)C)C(=O)OCCCO)c2ccccc21. The van der Waals surface area contributed by atoms with Crippen molar-refractivity contribution >= 4 is 23.0 Å². The molecule has 7 nitrogen and oxygen atoms in total. The maximum atomic E-state index is 12.5. The number of fused-ring (bicyclic) bond motifs is 1. The molecule has 1 atom stereocenters. The van der Waals surface area contributed by atoms with Crippen LogP contribution in [0.1, 0.15) is 32.8 Å². The number of aromatic nitrogens is 1. The van der Waals surface area contributed by atoms with Crippen LogP contribution in [-0.4, -0.2) is 46.6 Å². The summed E-state index contributed by atoms with van der Waals surface area (Å²) in [4.78, 5) is 24.7. The summed E-state index contributed by atoms with van der Waals surface area (Å²) in [7, 11) is 1.93. The van der Waals surface area contributed by atoms with Gasteiger partial charge in [-0.3, -0.25) is 0 Å². The number of para-hydroxylation sites is 1. The standard InChI is InChI=1S/C20H28N2O5/c1-20(2,3)27-19(25)21-16(18(24)26-11-7-10-23)12-14-13-22(4)17-9-6-5-8-15(14)17/h5-6,8-9,13,16,23H,7,10-12H2,1-4H3,(H,21,25)/t16-/m1/s1. The van der Waals surface area contributed by atoms with Crippen molar-refractivity contribution < 1.29 is 24.2 Å². The molecule has 7 heteroatoms. The molecule has 0 aliphatic carbocycles. The average molecular weight is 376 g/mol. The summed E-state index contributed by atoms with van der Waals surface area (Å²) in [5, 5.41) is 12.5. The minimum atomic E-state index is -0.885. The average Bonchev–Trinajstić information content (AvgIpc) is 2.89. The van der Waals surface area contributed by atoms with Gasteiger partial charge in [0.2, 0.25) is 0 Å². The Bertz CT molecular complexity index is 791. The van der Waals surface area contributed by atoms with Crippen LogP contribution in [0.5, 0.6) is 0 Å². The first-order valence-electron chi connectivity index (χ1n) is 9.01. The van der Waals surface area contributed by atoms with Crippen LogP contribution in [0.15, 0.2) is 30.5 Å². The number of ether oxygens (including phenoxy) is 2. The van der Waals surface area contributed by atoms with Gasteiger partial charge in [-0.2, -0.15) is 0 Å². The van der Waals surface area contributed by atoms with Crippen molar-refractivity contribution in [3.63, 3.8) is 0 Å². The number of nitrogens with one attached hydrogen (secondary N) is 1. The number of nitrogens with zero attached hydrogens (tertiary/aromatic N) is 1. The summed E-state index contributed by atoms with van der Waals surface area (Å²) >= 11 is 0. The second kappa shape index (κ2) is 8.90. The molecule has 0 saturated heterocycles. The van der Waals surface area contributed by atoms with Crippen molar-refractivity contribution in [1.82, 2.24) is 9.88 Å². The summed E-state index contributed by atoms with van der Waals surface area (Å²) in [6, 6.07) is 6.97. The number of hydrogen-bond donors (Lipinski definition) is 2. The van der Waals surface area contributed by atoms with Gasteiger partial charge in [-0.15, -0.1) is 0 Å². The normalized spacial score (nSPS) is 12.6. The highest BCUT2D eigenvalue weighted by Gasteiger charge is 2.27. The van der Waals surface area contributed by atoms with Gasteiger partial charge < -0.3 is 24.5 Å². The van der Waals surface area contributed by atoms with Gasteiger partial charge in [-0.25, -0.2) is 9.59 Å². The Kier molecular flexibility index (Phi) is 6.85. The lowest BCUT2D eigenvalue weighted by Crippen LogP contribution is -2.45. The fourth-order valence-electron chi connectivity index (χ4n) is 2.79. The molecular formula is C20H28N2O5. The Balaban J connectivity index is 2.20.